The molecular formula is C14H22N2S. The van der Waals surface area contributed by atoms with Gasteiger partial charge in [0.25, 0.3) is 0 Å². The van der Waals surface area contributed by atoms with Crippen molar-refractivity contribution in [3.8, 4) is 0 Å². The molecule has 3 atom stereocenters. The first kappa shape index (κ1) is 11.7. The third kappa shape index (κ3) is 2.04. The Morgan fingerprint density at radius 1 is 1.53 bits per heavy atom. The van der Waals surface area contributed by atoms with Crippen LogP contribution in [0.25, 0.3) is 0 Å². The van der Waals surface area contributed by atoms with Crippen molar-refractivity contribution in [3.05, 3.63) is 16.1 Å². The number of aryl methyl sites for hydroxylation is 1. The summed E-state index contributed by atoms with van der Waals surface area (Å²) in [6.45, 7) is 3.28. The molecule has 1 heterocycles. The van der Waals surface area contributed by atoms with Crippen molar-refractivity contribution in [1.82, 2.24) is 10.3 Å². The average Bonchev–Trinajstić information content (AvgIpc) is 2.95. The van der Waals surface area contributed by atoms with Crippen LogP contribution in [0.5, 0.6) is 0 Å². The molecule has 2 aliphatic carbocycles. The van der Waals surface area contributed by atoms with Crippen LogP contribution < -0.4 is 5.32 Å². The zero-order valence-corrected chi connectivity index (χ0v) is 11.6. The average molecular weight is 250 g/mol. The Kier molecular flexibility index (Phi) is 2.99. The monoisotopic (exact) mass is 250 g/mol. The summed E-state index contributed by atoms with van der Waals surface area (Å²) in [6.07, 6.45) is 7.03. The highest BCUT2D eigenvalue weighted by Gasteiger charge is 2.50. The lowest BCUT2D eigenvalue weighted by Gasteiger charge is -2.37. The standard InChI is InChI=1S/C14H22N2S/c1-10-16-13(8-17-10)7-14(9-15-2)6-11-3-4-12(14)5-11/h8,11-12,15H,3-7,9H2,1-2H3. The Morgan fingerprint density at radius 3 is 2.94 bits per heavy atom. The Bertz CT molecular complexity index is 401. The summed E-state index contributed by atoms with van der Waals surface area (Å²) in [4.78, 5) is 4.68. The maximum Gasteiger partial charge on any atom is 0.0897 e. The number of nitrogens with one attached hydrogen (secondary N) is 1. The van der Waals surface area contributed by atoms with Crippen LogP contribution in [-0.4, -0.2) is 18.6 Å². The molecule has 1 aromatic heterocycles. The van der Waals surface area contributed by atoms with Crippen LogP contribution in [0.2, 0.25) is 0 Å². The summed E-state index contributed by atoms with van der Waals surface area (Å²) in [5.41, 5.74) is 1.84. The second-order valence-electron chi connectivity index (χ2n) is 6.01. The number of hydrogen-bond acceptors (Lipinski definition) is 3. The van der Waals surface area contributed by atoms with Gasteiger partial charge in [0.15, 0.2) is 0 Å². The summed E-state index contributed by atoms with van der Waals surface area (Å²) in [5, 5.41) is 6.91. The minimum Gasteiger partial charge on any atom is -0.319 e. The zero-order valence-electron chi connectivity index (χ0n) is 10.8. The van der Waals surface area contributed by atoms with Crippen LogP contribution in [-0.2, 0) is 6.42 Å². The normalized spacial score (nSPS) is 35.6. The minimum atomic E-state index is 0.512. The van der Waals surface area contributed by atoms with E-state index in [0.29, 0.717) is 5.41 Å². The van der Waals surface area contributed by atoms with E-state index in [0.717, 1.165) is 11.8 Å². The van der Waals surface area contributed by atoms with Gasteiger partial charge >= 0.3 is 0 Å². The van der Waals surface area contributed by atoms with Crippen molar-refractivity contribution in [1.29, 1.82) is 0 Å². The molecule has 0 radical (unpaired) electrons. The lowest BCUT2D eigenvalue weighted by Crippen LogP contribution is -2.39. The molecular weight excluding hydrogens is 228 g/mol. The van der Waals surface area contributed by atoms with Gasteiger partial charge in [0.05, 0.1) is 10.7 Å². The van der Waals surface area contributed by atoms with Crippen LogP contribution in [0.1, 0.15) is 36.4 Å². The van der Waals surface area contributed by atoms with Crippen molar-refractivity contribution in [2.24, 2.45) is 17.3 Å². The molecule has 2 bridgehead atoms. The second-order valence-corrected chi connectivity index (χ2v) is 7.07. The predicted molar refractivity (Wildman–Crippen MR) is 72.4 cm³/mol. The minimum absolute atomic E-state index is 0.512. The Labute approximate surface area is 108 Å². The Balaban J connectivity index is 1.81. The van der Waals surface area contributed by atoms with Gasteiger partial charge in [0.1, 0.15) is 0 Å². The molecule has 2 nitrogen and oxygen atoms in total. The molecule has 0 saturated heterocycles. The third-order valence-corrected chi connectivity index (χ3v) is 5.65. The van der Waals surface area contributed by atoms with E-state index in [2.05, 4.69) is 29.7 Å². The molecule has 3 heteroatoms. The smallest absolute Gasteiger partial charge is 0.0897 e. The molecule has 1 N–H and O–H groups in total. The molecule has 3 unspecified atom stereocenters. The highest BCUT2D eigenvalue weighted by molar-refractivity contribution is 7.09. The lowest BCUT2D eigenvalue weighted by atomic mass is 9.70. The SMILES string of the molecule is CNCC1(Cc2csc(C)n2)CC2CCC1C2. The number of nitrogens with zero attached hydrogens (tertiary/aromatic N) is 1. The van der Waals surface area contributed by atoms with Gasteiger partial charge in [-0.15, -0.1) is 11.3 Å². The number of aromatic nitrogens is 1. The third-order valence-electron chi connectivity index (χ3n) is 4.83. The molecule has 0 spiro atoms. The van der Waals surface area contributed by atoms with E-state index < -0.39 is 0 Å². The number of hydrogen-bond donors (Lipinski definition) is 1. The Hall–Kier alpha value is -0.410. The summed E-state index contributed by atoms with van der Waals surface area (Å²) < 4.78 is 0. The van der Waals surface area contributed by atoms with Crippen molar-refractivity contribution in [2.45, 2.75) is 39.0 Å². The molecule has 2 aliphatic rings. The van der Waals surface area contributed by atoms with E-state index in [4.69, 9.17) is 0 Å². The summed E-state index contributed by atoms with van der Waals surface area (Å²) in [6, 6.07) is 0. The number of thiazole rings is 1. The maximum atomic E-state index is 4.68. The maximum absolute atomic E-state index is 4.68. The van der Waals surface area contributed by atoms with Gasteiger partial charge in [-0.05, 0) is 56.9 Å². The van der Waals surface area contributed by atoms with Gasteiger partial charge in [-0.1, -0.05) is 6.42 Å². The van der Waals surface area contributed by atoms with Crippen molar-refractivity contribution < 1.29 is 0 Å². The molecule has 3 rings (SSSR count). The van der Waals surface area contributed by atoms with E-state index in [1.807, 2.05) is 0 Å². The predicted octanol–water partition coefficient (Wildman–Crippen LogP) is 3.02. The molecule has 17 heavy (non-hydrogen) atoms. The van der Waals surface area contributed by atoms with E-state index in [-0.39, 0.29) is 0 Å². The lowest BCUT2D eigenvalue weighted by molar-refractivity contribution is 0.158. The van der Waals surface area contributed by atoms with Crippen LogP contribution in [0.15, 0.2) is 5.38 Å². The molecule has 2 saturated carbocycles. The molecule has 2 fully saturated rings. The van der Waals surface area contributed by atoms with Gasteiger partial charge in [-0.25, -0.2) is 4.98 Å². The largest absolute Gasteiger partial charge is 0.319 e. The zero-order chi connectivity index (χ0) is 11.9. The van der Waals surface area contributed by atoms with Crippen LogP contribution in [0.3, 0.4) is 0 Å². The van der Waals surface area contributed by atoms with E-state index in [1.165, 1.54) is 49.4 Å². The van der Waals surface area contributed by atoms with Crippen LogP contribution in [0, 0.1) is 24.2 Å². The highest BCUT2D eigenvalue weighted by Crippen LogP contribution is 2.57. The molecule has 0 aliphatic heterocycles. The van der Waals surface area contributed by atoms with Crippen LogP contribution in [0.4, 0.5) is 0 Å². The van der Waals surface area contributed by atoms with Crippen molar-refractivity contribution in [2.75, 3.05) is 13.6 Å². The molecule has 0 amide bonds. The van der Waals surface area contributed by atoms with Gasteiger partial charge in [0, 0.05) is 11.9 Å². The second kappa shape index (κ2) is 4.36. The topological polar surface area (TPSA) is 24.9 Å². The fourth-order valence-corrected chi connectivity index (χ4v) is 4.87. The van der Waals surface area contributed by atoms with Crippen molar-refractivity contribution in [3.63, 3.8) is 0 Å². The Morgan fingerprint density at radius 2 is 2.41 bits per heavy atom. The number of rotatable bonds is 4. The fourth-order valence-electron chi connectivity index (χ4n) is 4.26. The van der Waals surface area contributed by atoms with Gasteiger partial charge in [-0.3, -0.25) is 0 Å². The van der Waals surface area contributed by atoms with Crippen LogP contribution >= 0.6 is 11.3 Å². The first-order valence-electron chi connectivity index (χ1n) is 6.77. The van der Waals surface area contributed by atoms with Gasteiger partial charge in [0.2, 0.25) is 0 Å². The van der Waals surface area contributed by atoms with E-state index >= 15 is 0 Å². The first-order valence-corrected chi connectivity index (χ1v) is 7.65. The quantitative estimate of drug-likeness (QED) is 0.888. The summed E-state index contributed by atoms with van der Waals surface area (Å²) in [7, 11) is 2.10. The highest BCUT2D eigenvalue weighted by atomic mass is 32.1. The van der Waals surface area contributed by atoms with E-state index in [1.54, 1.807) is 11.3 Å². The fraction of sp³-hybridized carbons (Fsp3) is 0.786. The number of fused-ring (bicyclic) bond motifs is 2. The van der Waals surface area contributed by atoms with E-state index in [9.17, 15) is 0 Å². The summed E-state index contributed by atoms with van der Waals surface area (Å²) >= 11 is 1.79. The first-order chi connectivity index (χ1) is 8.22. The molecule has 1 aromatic rings. The van der Waals surface area contributed by atoms with Gasteiger partial charge in [-0.2, -0.15) is 0 Å². The summed E-state index contributed by atoms with van der Waals surface area (Å²) in [5.74, 6) is 1.95. The molecule has 94 valence electrons. The van der Waals surface area contributed by atoms with Gasteiger partial charge < -0.3 is 5.32 Å². The van der Waals surface area contributed by atoms with Crippen molar-refractivity contribution >= 4 is 11.3 Å². The molecule has 0 aromatic carbocycles.